The Labute approximate surface area is 111 Å². The highest BCUT2D eigenvalue weighted by Gasteiger charge is 2.17. The van der Waals surface area contributed by atoms with E-state index in [1.54, 1.807) is 22.0 Å². The van der Waals surface area contributed by atoms with Crippen molar-refractivity contribution >= 4 is 17.2 Å². The van der Waals surface area contributed by atoms with Gasteiger partial charge in [0, 0.05) is 18.1 Å². The lowest BCUT2D eigenvalue weighted by molar-refractivity contribution is 0.0931. The van der Waals surface area contributed by atoms with Gasteiger partial charge < -0.3 is 9.88 Å². The van der Waals surface area contributed by atoms with Crippen molar-refractivity contribution in [2.45, 2.75) is 26.8 Å². The van der Waals surface area contributed by atoms with Crippen LogP contribution >= 0.6 is 11.3 Å². The second-order valence-corrected chi connectivity index (χ2v) is 5.78. The molecule has 1 amide bonds. The molecule has 4 nitrogen and oxygen atoms in total. The van der Waals surface area contributed by atoms with E-state index in [1.165, 1.54) is 0 Å². The van der Waals surface area contributed by atoms with Crippen LogP contribution in [0.1, 0.15) is 39.0 Å². The number of rotatable bonds is 3. The lowest BCUT2D eigenvalue weighted by Crippen LogP contribution is -2.28. The highest BCUT2D eigenvalue weighted by Crippen LogP contribution is 2.22. The number of aromatic nitrogens is 2. The number of carbonyl (C=O) groups excluding carboxylic acids is 1. The minimum Gasteiger partial charge on any atom is -0.347 e. The van der Waals surface area contributed by atoms with Crippen LogP contribution in [0.15, 0.2) is 18.3 Å². The van der Waals surface area contributed by atoms with E-state index in [4.69, 9.17) is 0 Å². The van der Waals surface area contributed by atoms with E-state index in [1.807, 2.05) is 40.1 Å². The molecule has 1 atom stereocenters. The van der Waals surface area contributed by atoms with Crippen LogP contribution in [0.5, 0.6) is 0 Å². The Morgan fingerprint density at radius 1 is 1.50 bits per heavy atom. The van der Waals surface area contributed by atoms with E-state index in [0.29, 0.717) is 5.69 Å². The Balaban J connectivity index is 2.13. The molecule has 0 saturated heterocycles. The number of carbonyl (C=O) groups is 1. The number of hydrogen-bond acceptors (Lipinski definition) is 3. The van der Waals surface area contributed by atoms with E-state index in [0.717, 1.165) is 15.6 Å². The van der Waals surface area contributed by atoms with Crippen molar-refractivity contribution in [1.29, 1.82) is 0 Å². The average molecular weight is 263 g/mol. The molecule has 5 heteroatoms. The Kier molecular flexibility index (Phi) is 3.52. The summed E-state index contributed by atoms with van der Waals surface area (Å²) in [5, 5.41) is 4.01. The van der Waals surface area contributed by atoms with Gasteiger partial charge in [0.15, 0.2) is 0 Å². The van der Waals surface area contributed by atoms with Gasteiger partial charge in [-0.2, -0.15) is 0 Å². The Hall–Kier alpha value is -1.62. The number of amides is 1. The summed E-state index contributed by atoms with van der Waals surface area (Å²) in [5.41, 5.74) is 1.62. The van der Waals surface area contributed by atoms with Gasteiger partial charge in [0.25, 0.3) is 5.91 Å². The van der Waals surface area contributed by atoms with E-state index in [-0.39, 0.29) is 11.9 Å². The minimum atomic E-state index is -0.0719. The fourth-order valence-corrected chi connectivity index (χ4v) is 2.90. The van der Waals surface area contributed by atoms with Crippen LogP contribution in [0, 0.1) is 13.8 Å². The fraction of sp³-hybridized carbons (Fsp3) is 0.385. The molecule has 0 spiro atoms. The van der Waals surface area contributed by atoms with Gasteiger partial charge in [0.1, 0.15) is 5.69 Å². The Morgan fingerprint density at radius 3 is 2.72 bits per heavy atom. The van der Waals surface area contributed by atoms with E-state index in [2.05, 4.69) is 10.3 Å². The first-order valence-corrected chi connectivity index (χ1v) is 6.67. The number of aryl methyl sites for hydroxylation is 3. The van der Waals surface area contributed by atoms with Crippen LogP contribution in [0.2, 0.25) is 0 Å². The standard InChI is InChI=1S/C13H17N3OS/c1-8(12-9(2)18-10(3)15-12)14-13(17)11-6-5-7-16(11)4/h5-8H,1-4H3,(H,14,17)/t8-/m0/s1. The molecular formula is C13H17N3OS. The van der Waals surface area contributed by atoms with Crippen LogP contribution in [0.25, 0.3) is 0 Å². The summed E-state index contributed by atoms with van der Waals surface area (Å²) >= 11 is 1.66. The van der Waals surface area contributed by atoms with Crippen LogP contribution in [0.3, 0.4) is 0 Å². The average Bonchev–Trinajstić information content (AvgIpc) is 2.84. The molecule has 0 aromatic carbocycles. The molecule has 0 fully saturated rings. The normalized spacial score (nSPS) is 12.4. The zero-order valence-corrected chi connectivity index (χ0v) is 11.8. The SMILES string of the molecule is Cc1nc([C@H](C)NC(=O)c2cccn2C)c(C)s1. The molecule has 18 heavy (non-hydrogen) atoms. The number of thiazole rings is 1. The van der Waals surface area contributed by atoms with Crippen molar-refractivity contribution in [3.63, 3.8) is 0 Å². The number of nitrogens with one attached hydrogen (secondary N) is 1. The maximum atomic E-state index is 12.1. The zero-order valence-electron chi connectivity index (χ0n) is 11.0. The van der Waals surface area contributed by atoms with Crippen molar-refractivity contribution in [2.75, 3.05) is 0 Å². The molecule has 0 aliphatic rings. The summed E-state index contributed by atoms with van der Waals surface area (Å²) in [6.45, 7) is 5.97. The minimum absolute atomic E-state index is 0.0694. The van der Waals surface area contributed by atoms with Crippen LogP contribution in [-0.4, -0.2) is 15.5 Å². The third kappa shape index (κ3) is 2.46. The van der Waals surface area contributed by atoms with Gasteiger partial charge in [-0.15, -0.1) is 11.3 Å². The Morgan fingerprint density at radius 2 is 2.22 bits per heavy atom. The molecule has 2 rings (SSSR count). The van der Waals surface area contributed by atoms with Crippen molar-refractivity contribution in [3.8, 4) is 0 Å². The third-order valence-corrected chi connectivity index (χ3v) is 3.78. The van der Waals surface area contributed by atoms with Crippen molar-refractivity contribution < 1.29 is 4.79 Å². The summed E-state index contributed by atoms with van der Waals surface area (Å²) < 4.78 is 1.81. The molecular weight excluding hydrogens is 246 g/mol. The second-order valence-electron chi connectivity index (χ2n) is 4.37. The molecule has 1 N–H and O–H groups in total. The molecule has 0 aliphatic carbocycles. The molecule has 0 bridgehead atoms. The topological polar surface area (TPSA) is 46.9 Å². The van der Waals surface area contributed by atoms with Crippen LogP contribution in [-0.2, 0) is 7.05 Å². The van der Waals surface area contributed by atoms with E-state index >= 15 is 0 Å². The summed E-state index contributed by atoms with van der Waals surface area (Å²) in [5.74, 6) is -0.0694. The zero-order chi connectivity index (χ0) is 13.3. The smallest absolute Gasteiger partial charge is 0.268 e. The first-order chi connectivity index (χ1) is 8.49. The fourth-order valence-electron chi connectivity index (χ4n) is 1.98. The molecule has 2 aromatic rings. The second kappa shape index (κ2) is 4.94. The monoisotopic (exact) mass is 263 g/mol. The summed E-state index contributed by atoms with van der Waals surface area (Å²) in [6.07, 6.45) is 1.86. The third-order valence-electron chi connectivity index (χ3n) is 2.87. The molecule has 0 aliphatic heterocycles. The van der Waals surface area contributed by atoms with Gasteiger partial charge in [-0.1, -0.05) is 0 Å². The maximum Gasteiger partial charge on any atom is 0.268 e. The van der Waals surface area contributed by atoms with E-state index in [9.17, 15) is 4.79 Å². The van der Waals surface area contributed by atoms with Gasteiger partial charge in [0.05, 0.1) is 16.7 Å². The number of nitrogens with zero attached hydrogens (tertiary/aromatic N) is 2. The lowest BCUT2D eigenvalue weighted by Gasteiger charge is -2.13. The quantitative estimate of drug-likeness (QED) is 0.925. The predicted molar refractivity (Wildman–Crippen MR) is 72.9 cm³/mol. The van der Waals surface area contributed by atoms with Gasteiger partial charge in [-0.25, -0.2) is 4.98 Å². The van der Waals surface area contributed by atoms with E-state index < -0.39 is 0 Å². The van der Waals surface area contributed by atoms with Gasteiger partial charge in [-0.3, -0.25) is 4.79 Å². The lowest BCUT2D eigenvalue weighted by atomic mass is 10.2. The molecule has 0 radical (unpaired) electrons. The van der Waals surface area contributed by atoms with Crippen molar-refractivity contribution in [3.05, 3.63) is 39.6 Å². The van der Waals surface area contributed by atoms with Gasteiger partial charge >= 0.3 is 0 Å². The highest BCUT2D eigenvalue weighted by atomic mass is 32.1. The number of hydrogen-bond donors (Lipinski definition) is 1. The molecule has 0 saturated carbocycles. The first kappa shape index (κ1) is 12.8. The largest absolute Gasteiger partial charge is 0.347 e. The van der Waals surface area contributed by atoms with Gasteiger partial charge in [0.2, 0.25) is 0 Å². The van der Waals surface area contributed by atoms with Crippen LogP contribution < -0.4 is 5.32 Å². The molecule has 2 heterocycles. The summed E-state index contributed by atoms with van der Waals surface area (Å²) in [6, 6.07) is 3.59. The van der Waals surface area contributed by atoms with Crippen LogP contribution in [0.4, 0.5) is 0 Å². The highest BCUT2D eigenvalue weighted by molar-refractivity contribution is 7.11. The van der Waals surface area contributed by atoms with Crippen molar-refractivity contribution in [1.82, 2.24) is 14.9 Å². The molecule has 0 unspecified atom stereocenters. The molecule has 2 aromatic heterocycles. The first-order valence-electron chi connectivity index (χ1n) is 5.85. The predicted octanol–water partition coefficient (Wildman–Crippen LogP) is 2.59. The van der Waals surface area contributed by atoms with Crippen molar-refractivity contribution in [2.24, 2.45) is 7.05 Å². The summed E-state index contributed by atoms with van der Waals surface area (Å²) in [7, 11) is 1.86. The molecule has 96 valence electrons. The summed E-state index contributed by atoms with van der Waals surface area (Å²) in [4.78, 5) is 17.7. The Bertz CT molecular complexity index is 571. The maximum absolute atomic E-state index is 12.1. The van der Waals surface area contributed by atoms with Gasteiger partial charge in [-0.05, 0) is 32.9 Å².